The summed E-state index contributed by atoms with van der Waals surface area (Å²) in [5.41, 5.74) is -1.17. The molecule has 0 saturated carbocycles. The van der Waals surface area contributed by atoms with Gasteiger partial charge in [0.1, 0.15) is 0 Å². The van der Waals surface area contributed by atoms with E-state index in [1.54, 1.807) is 0 Å². The Morgan fingerprint density at radius 3 is 2.60 bits per heavy atom. The molecule has 0 atom stereocenters. The van der Waals surface area contributed by atoms with Crippen molar-refractivity contribution in [3.63, 3.8) is 0 Å². The van der Waals surface area contributed by atoms with Crippen LogP contribution in [0.15, 0.2) is 4.79 Å². The molecule has 0 bridgehead atoms. The number of carboxylic acids is 1. The highest BCUT2D eigenvalue weighted by Crippen LogP contribution is 1.79. The van der Waals surface area contributed by atoms with Crippen molar-refractivity contribution in [2.24, 2.45) is 7.05 Å². The van der Waals surface area contributed by atoms with Crippen LogP contribution in [-0.2, 0) is 7.05 Å². The number of H-pyrrole nitrogens is 1. The Morgan fingerprint density at radius 1 is 1.80 bits per heavy atom. The fraction of sp³-hybridized carbons (Fsp3) is 0.250. The Hall–Kier alpha value is -1.59. The van der Waals surface area contributed by atoms with Gasteiger partial charge < -0.3 is 5.11 Å². The molecule has 0 saturated heterocycles. The molecule has 0 amide bonds. The van der Waals surface area contributed by atoms with Gasteiger partial charge in [0.05, 0.1) is 0 Å². The monoisotopic (exact) mass is 143 g/mol. The molecule has 54 valence electrons. The van der Waals surface area contributed by atoms with Gasteiger partial charge in [0.25, 0.3) is 5.56 Å². The highest BCUT2D eigenvalue weighted by atomic mass is 16.4. The minimum absolute atomic E-state index is 0.484. The van der Waals surface area contributed by atoms with E-state index < -0.39 is 17.2 Å². The van der Waals surface area contributed by atoms with Gasteiger partial charge in [-0.3, -0.25) is 4.79 Å². The molecule has 1 rings (SSSR count). The van der Waals surface area contributed by atoms with E-state index in [0.717, 1.165) is 4.80 Å². The second kappa shape index (κ2) is 1.98. The molecule has 0 aliphatic carbocycles. The SMILES string of the molecule is Cn1nc(C(=O)O)c(=O)[nH]1. The van der Waals surface area contributed by atoms with Crippen molar-refractivity contribution in [2.45, 2.75) is 0 Å². The van der Waals surface area contributed by atoms with E-state index in [-0.39, 0.29) is 0 Å². The topological polar surface area (TPSA) is 88.0 Å². The van der Waals surface area contributed by atoms with Crippen LogP contribution in [0.1, 0.15) is 10.5 Å². The zero-order valence-electron chi connectivity index (χ0n) is 5.16. The molecule has 0 aliphatic heterocycles. The van der Waals surface area contributed by atoms with Gasteiger partial charge in [0.2, 0.25) is 5.69 Å². The molecule has 0 fully saturated rings. The molecule has 0 aliphatic rings. The number of aromatic carboxylic acids is 1. The van der Waals surface area contributed by atoms with E-state index in [1.807, 2.05) is 0 Å². The normalized spacial score (nSPS) is 9.70. The van der Waals surface area contributed by atoms with Crippen molar-refractivity contribution in [3.05, 3.63) is 16.0 Å². The van der Waals surface area contributed by atoms with Crippen LogP contribution < -0.4 is 5.56 Å². The molecule has 2 N–H and O–H groups in total. The van der Waals surface area contributed by atoms with Crippen molar-refractivity contribution in [1.29, 1.82) is 0 Å². The van der Waals surface area contributed by atoms with E-state index in [0.29, 0.717) is 0 Å². The summed E-state index contributed by atoms with van der Waals surface area (Å²) in [6.45, 7) is 0. The van der Waals surface area contributed by atoms with E-state index >= 15 is 0 Å². The van der Waals surface area contributed by atoms with Gasteiger partial charge in [0, 0.05) is 7.05 Å². The first-order valence-electron chi connectivity index (χ1n) is 2.48. The number of hydrogen-bond donors (Lipinski definition) is 2. The minimum atomic E-state index is -1.32. The molecule has 0 aromatic carbocycles. The van der Waals surface area contributed by atoms with Crippen LogP contribution in [0.3, 0.4) is 0 Å². The summed E-state index contributed by atoms with van der Waals surface area (Å²) in [5, 5.41) is 13.8. The number of hydrogen-bond acceptors (Lipinski definition) is 3. The first-order valence-corrected chi connectivity index (χ1v) is 2.48. The summed E-state index contributed by atoms with van der Waals surface area (Å²) in [4.78, 5) is 21.7. The quantitative estimate of drug-likeness (QED) is 0.517. The molecule has 1 aromatic rings. The maximum Gasteiger partial charge on any atom is 0.362 e. The lowest BCUT2D eigenvalue weighted by molar-refractivity contribution is 0.0688. The molecule has 0 unspecified atom stereocenters. The third kappa shape index (κ3) is 0.903. The Morgan fingerprint density at radius 2 is 2.40 bits per heavy atom. The van der Waals surface area contributed by atoms with Crippen LogP contribution in [0.5, 0.6) is 0 Å². The highest BCUT2D eigenvalue weighted by molar-refractivity contribution is 5.84. The summed E-state index contributed by atoms with van der Waals surface area (Å²) in [6.07, 6.45) is 0. The predicted molar refractivity (Wildman–Crippen MR) is 30.8 cm³/mol. The Balaban J connectivity index is 3.29. The van der Waals surface area contributed by atoms with Crippen molar-refractivity contribution in [2.75, 3.05) is 0 Å². The first-order chi connectivity index (χ1) is 4.61. The second-order valence-electron chi connectivity index (χ2n) is 1.72. The molecular weight excluding hydrogens is 138 g/mol. The number of carbonyl (C=O) groups is 1. The number of rotatable bonds is 1. The summed E-state index contributed by atoms with van der Waals surface area (Å²) in [6, 6.07) is 0. The smallest absolute Gasteiger partial charge is 0.362 e. The molecule has 0 radical (unpaired) electrons. The fourth-order valence-corrected chi connectivity index (χ4v) is 0.560. The third-order valence-corrected chi connectivity index (χ3v) is 0.931. The van der Waals surface area contributed by atoms with Crippen LogP contribution in [0.2, 0.25) is 0 Å². The largest absolute Gasteiger partial charge is 0.476 e. The second-order valence-corrected chi connectivity index (χ2v) is 1.72. The number of carboxylic acid groups (broad SMARTS) is 1. The molecule has 1 heterocycles. The lowest BCUT2D eigenvalue weighted by Crippen LogP contribution is -2.12. The average Bonchev–Trinajstić information content (AvgIpc) is 2.10. The molecule has 6 nitrogen and oxygen atoms in total. The fourth-order valence-electron chi connectivity index (χ4n) is 0.560. The van der Waals surface area contributed by atoms with Crippen molar-refractivity contribution < 1.29 is 9.90 Å². The zero-order valence-corrected chi connectivity index (χ0v) is 5.16. The lowest BCUT2D eigenvalue weighted by atomic mass is 10.5. The van der Waals surface area contributed by atoms with Crippen LogP contribution >= 0.6 is 0 Å². The van der Waals surface area contributed by atoms with Crippen LogP contribution in [0.25, 0.3) is 0 Å². The average molecular weight is 143 g/mol. The van der Waals surface area contributed by atoms with Gasteiger partial charge in [-0.2, -0.15) is 0 Å². The number of aryl methyl sites for hydroxylation is 1. The number of nitrogens with one attached hydrogen (secondary N) is 1. The maximum absolute atomic E-state index is 10.6. The predicted octanol–water partition coefficient (Wildman–Crippen LogP) is -1.19. The first kappa shape index (κ1) is 6.53. The van der Waals surface area contributed by atoms with E-state index in [1.165, 1.54) is 7.05 Å². The summed E-state index contributed by atoms with van der Waals surface area (Å²) >= 11 is 0. The molecule has 6 heteroatoms. The van der Waals surface area contributed by atoms with Crippen molar-refractivity contribution in [3.8, 4) is 0 Å². The molecule has 1 aromatic heterocycles. The summed E-state index contributed by atoms with van der Waals surface area (Å²) in [5.74, 6) is -1.32. The number of aromatic nitrogens is 3. The molecule has 10 heavy (non-hydrogen) atoms. The Kier molecular flexibility index (Phi) is 1.29. The minimum Gasteiger partial charge on any atom is -0.476 e. The summed E-state index contributed by atoms with van der Waals surface area (Å²) < 4.78 is 0. The van der Waals surface area contributed by atoms with Crippen LogP contribution in [-0.4, -0.2) is 26.1 Å². The maximum atomic E-state index is 10.6. The number of nitrogens with zero attached hydrogens (tertiary/aromatic N) is 2. The van der Waals surface area contributed by atoms with Gasteiger partial charge >= 0.3 is 5.97 Å². The van der Waals surface area contributed by atoms with E-state index in [4.69, 9.17) is 5.11 Å². The van der Waals surface area contributed by atoms with Gasteiger partial charge in [0.15, 0.2) is 0 Å². The van der Waals surface area contributed by atoms with E-state index in [2.05, 4.69) is 10.2 Å². The third-order valence-electron chi connectivity index (χ3n) is 0.931. The summed E-state index contributed by atoms with van der Waals surface area (Å²) in [7, 11) is 1.44. The zero-order chi connectivity index (χ0) is 7.72. The van der Waals surface area contributed by atoms with Gasteiger partial charge in [-0.1, -0.05) is 0 Å². The van der Waals surface area contributed by atoms with Crippen molar-refractivity contribution in [1.82, 2.24) is 15.0 Å². The van der Waals surface area contributed by atoms with Crippen LogP contribution in [0, 0.1) is 0 Å². The standard InChI is InChI=1S/C4H5N3O3/c1-7-5-2(4(9)10)3(8)6-7/h1H3,(H,6,8)(H,9,10). The molecular formula is C4H5N3O3. The van der Waals surface area contributed by atoms with Crippen molar-refractivity contribution >= 4 is 5.97 Å². The Labute approximate surface area is 55.1 Å². The van der Waals surface area contributed by atoms with Gasteiger partial charge in [-0.05, 0) is 0 Å². The van der Waals surface area contributed by atoms with E-state index in [9.17, 15) is 9.59 Å². The van der Waals surface area contributed by atoms with Gasteiger partial charge in [-0.15, -0.1) is 5.10 Å². The Bertz CT molecular complexity index is 310. The van der Waals surface area contributed by atoms with Gasteiger partial charge in [-0.25, -0.2) is 14.7 Å². The highest BCUT2D eigenvalue weighted by Gasteiger charge is 2.11. The number of aromatic amines is 1. The lowest BCUT2D eigenvalue weighted by Gasteiger charge is -1.80. The molecule has 0 spiro atoms. The van der Waals surface area contributed by atoms with Crippen LogP contribution in [0.4, 0.5) is 0 Å².